The fourth-order valence-electron chi connectivity index (χ4n) is 3.01. The average molecular weight is 316 g/mol. The Morgan fingerprint density at radius 2 is 2.10 bits per heavy atom. The molecule has 5 nitrogen and oxygen atoms in total. The largest absolute Gasteiger partial charge is 0.353 e. The fraction of sp³-hybridized carbons (Fsp3) is 0.733. The molecule has 120 valence electrons. The lowest BCUT2D eigenvalue weighted by Crippen LogP contribution is -2.56. The molecule has 0 spiro atoms. The lowest BCUT2D eigenvalue weighted by atomic mass is 9.95. The molecule has 0 aromatic carbocycles. The zero-order valence-electron chi connectivity index (χ0n) is 12.5. The van der Waals surface area contributed by atoms with Crippen molar-refractivity contribution in [3.05, 3.63) is 12.7 Å². The van der Waals surface area contributed by atoms with Gasteiger partial charge < -0.3 is 15.5 Å². The summed E-state index contributed by atoms with van der Waals surface area (Å²) in [6.07, 6.45) is 7.76. The van der Waals surface area contributed by atoms with Gasteiger partial charge in [0.2, 0.25) is 11.8 Å². The summed E-state index contributed by atoms with van der Waals surface area (Å²) in [6.45, 7) is 5.64. The first kappa shape index (κ1) is 18.0. The van der Waals surface area contributed by atoms with Gasteiger partial charge in [0, 0.05) is 25.7 Å². The fourth-order valence-corrected chi connectivity index (χ4v) is 3.01. The molecular weight excluding hydrogens is 290 g/mol. The molecule has 1 aliphatic heterocycles. The monoisotopic (exact) mass is 315 g/mol. The Bertz CT molecular complexity index is 370. The summed E-state index contributed by atoms with van der Waals surface area (Å²) in [7, 11) is 0. The van der Waals surface area contributed by atoms with Crippen LogP contribution in [0.3, 0.4) is 0 Å². The van der Waals surface area contributed by atoms with Crippen LogP contribution in [-0.4, -0.2) is 48.4 Å². The molecule has 2 rings (SSSR count). The second-order valence-corrected chi connectivity index (χ2v) is 5.69. The normalized spacial score (nSPS) is 23.3. The number of amides is 2. The minimum absolute atomic E-state index is 0. The summed E-state index contributed by atoms with van der Waals surface area (Å²) in [5, 5.41) is 6.20. The molecule has 1 saturated heterocycles. The molecule has 2 N–H and O–H groups in total. The van der Waals surface area contributed by atoms with Crippen LogP contribution in [0.2, 0.25) is 0 Å². The van der Waals surface area contributed by atoms with Crippen molar-refractivity contribution in [1.82, 2.24) is 15.5 Å². The second-order valence-electron chi connectivity index (χ2n) is 5.69. The van der Waals surface area contributed by atoms with Crippen LogP contribution in [0.1, 0.15) is 38.5 Å². The maximum atomic E-state index is 12.2. The zero-order valence-corrected chi connectivity index (χ0v) is 13.3. The van der Waals surface area contributed by atoms with Gasteiger partial charge in [0.25, 0.3) is 0 Å². The van der Waals surface area contributed by atoms with Crippen molar-refractivity contribution in [3.8, 4) is 0 Å². The van der Waals surface area contributed by atoms with Gasteiger partial charge in [-0.3, -0.25) is 9.59 Å². The Labute approximate surface area is 132 Å². The van der Waals surface area contributed by atoms with Crippen molar-refractivity contribution in [3.63, 3.8) is 0 Å². The molecule has 0 bridgehead atoms. The Kier molecular flexibility index (Phi) is 7.75. The topological polar surface area (TPSA) is 61.4 Å². The number of carbonyl (C=O) groups excluding carboxylic acids is 2. The van der Waals surface area contributed by atoms with Gasteiger partial charge in [-0.05, 0) is 12.8 Å². The summed E-state index contributed by atoms with van der Waals surface area (Å²) < 4.78 is 0. The van der Waals surface area contributed by atoms with Gasteiger partial charge in [0.15, 0.2) is 0 Å². The Hall–Kier alpha value is -1.07. The number of piperazine rings is 1. The van der Waals surface area contributed by atoms with Crippen molar-refractivity contribution >= 4 is 24.2 Å². The van der Waals surface area contributed by atoms with Crippen molar-refractivity contribution in [2.45, 2.75) is 50.6 Å². The number of halogens is 1. The van der Waals surface area contributed by atoms with E-state index in [0.717, 1.165) is 19.4 Å². The standard InChI is InChI=1S/C15H25N3O2.ClH/c1-2-9-18-10-8-16-13(15(18)20)11-14(19)17-12-6-4-3-5-7-12;/h2,12-13,16H,1,3-11H2,(H,17,19);1H. The maximum absolute atomic E-state index is 12.2. The Morgan fingerprint density at radius 3 is 2.76 bits per heavy atom. The first-order valence-electron chi connectivity index (χ1n) is 7.63. The Morgan fingerprint density at radius 1 is 1.38 bits per heavy atom. The molecule has 21 heavy (non-hydrogen) atoms. The number of hydrogen-bond donors (Lipinski definition) is 2. The molecule has 2 aliphatic rings. The van der Waals surface area contributed by atoms with Crippen molar-refractivity contribution in [2.75, 3.05) is 19.6 Å². The number of hydrogen-bond acceptors (Lipinski definition) is 3. The van der Waals surface area contributed by atoms with Gasteiger partial charge in [-0.2, -0.15) is 0 Å². The van der Waals surface area contributed by atoms with Gasteiger partial charge in [0.1, 0.15) is 0 Å². The van der Waals surface area contributed by atoms with Crippen LogP contribution in [0.25, 0.3) is 0 Å². The maximum Gasteiger partial charge on any atom is 0.240 e. The van der Waals surface area contributed by atoms with Crippen molar-refractivity contribution in [2.24, 2.45) is 0 Å². The van der Waals surface area contributed by atoms with Crippen molar-refractivity contribution < 1.29 is 9.59 Å². The zero-order chi connectivity index (χ0) is 14.4. The van der Waals surface area contributed by atoms with Gasteiger partial charge in [-0.25, -0.2) is 0 Å². The quantitative estimate of drug-likeness (QED) is 0.750. The molecule has 0 aromatic rings. The minimum atomic E-state index is -0.382. The minimum Gasteiger partial charge on any atom is -0.353 e. The molecule has 1 heterocycles. The van der Waals surface area contributed by atoms with E-state index in [9.17, 15) is 9.59 Å². The summed E-state index contributed by atoms with van der Waals surface area (Å²) in [4.78, 5) is 26.0. The van der Waals surface area contributed by atoms with Crippen LogP contribution >= 0.6 is 12.4 Å². The molecule has 6 heteroatoms. The van der Waals surface area contributed by atoms with Gasteiger partial charge in [-0.1, -0.05) is 25.3 Å². The van der Waals surface area contributed by atoms with E-state index in [1.54, 1.807) is 11.0 Å². The van der Waals surface area contributed by atoms with E-state index in [4.69, 9.17) is 0 Å². The lowest BCUT2D eigenvalue weighted by molar-refractivity contribution is -0.137. The summed E-state index contributed by atoms with van der Waals surface area (Å²) in [6, 6.07) is -0.0773. The molecule has 1 unspecified atom stereocenters. The number of carbonyl (C=O) groups is 2. The predicted octanol–water partition coefficient (Wildman–Crippen LogP) is 1.23. The number of rotatable bonds is 5. The van der Waals surface area contributed by atoms with E-state index >= 15 is 0 Å². The van der Waals surface area contributed by atoms with Crippen LogP contribution < -0.4 is 10.6 Å². The highest BCUT2D eigenvalue weighted by Gasteiger charge is 2.29. The average Bonchev–Trinajstić information content (AvgIpc) is 2.44. The smallest absolute Gasteiger partial charge is 0.240 e. The van der Waals surface area contributed by atoms with E-state index in [1.165, 1.54) is 19.3 Å². The lowest BCUT2D eigenvalue weighted by Gasteiger charge is -2.32. The molecule has 0 aromatic heterocycles. The third-order valence-electron chi connectivity index (χ3n) is 4.09. The molecule has 1 atom stereocenters. The number of nitrogens with one attached hydrogen (secondary N) is 2. The van der Waals surface area contributed by atoms with E-state index in [2.05, 4.69) is 17.2 Å². The van der Waals surface area contributed by atoms with E-state index in [0.29, 0.717) is 19.1 Å². The van der Waals surface area contributed by atoms with Crippen LogP contribution in [0.15, 0.2) is 12.7 Å². The van der Waals surface area contributed by atoms with Gasteiger partial charge in [0.05, 0.1) is 12.5 Å². The van der Waals surface area contributed by atoms with Crippen LogP contribution in [0.5, 0.6) is 0 Å². The highest BCUT2D eigenvalue weighted by Crippen LogP contribution is 2.17. The van der Waals surface area contributed by atoms with Crippen molar-refractivity contribution in [1.29, 1.82) is 0 Å². The first-order chi connectivity index (χ1) is 9.70. The van der Waals surface area contributed by atoms with E-state index in [-0.39, 0.29) is 36.7 Å². The van der Waals surface area contributed by atoms with Crippen LogP contribution in [0.4, 0.5) is 0 Å². The summed E-state index contributed by atoms with van der Waals surface area (Å²) in [5.74, 6) is -0.00172. The Balaban J connectivity index is 0.00000220. The van der Waals surface area contributed by atoms with E-state index < -0.39 is 0 Å². The van der Waals surface area contributed by atoms with Gasteiger partial charge >= 0.3 is 0 Å². The predicted molar refractivity (Wildman–Crippen MR) is 85.4 cm³/mol. The SMILES string of the molecule is C=CCN1CCNC(CC(=O)NC2CCCCC2)C1=O.Cl. The highest BCUT2D eigenvalue weighted by atomic mass is 35.5. The molecule has 1 aliphatic carbocycles. The van der Waals surface area contributed by atoms with E-state index in [1.807, 2.05) is 0 Å². The van der Waals surface area contributed by atoms with Gasteiger partial charge in [-0.15, -0.1) is 19.0 Å². The summed E-state index contributed by atoms with van der Waals surface area (Å²) >= 11 is 0. The third kappa shape index (κ3) is 5.32. The van der Waals surface area contributed by atoms with Crippen LogP contribution in [-0.2, 0) is 9.59 Å². The molecule has 2 fully saturated rings. The summed E-state index contributed by atoms with van der Waals surface area (Å²) in [5.41, 5.74) is 0. The highest BCUT2D eigenvalue weighted by molar-refractivity contribution is 5.89. The third-order valence-corrected chi connectivity index (χ3v) is 4.09. The second kappa shape index (κ2) is 9.05. The molecule has 0 radical (unpaired) electrons. The van der Waals surface area contributed by atoms with Crippen LogP contribution in [0, 0.1) is 0 Å². The molecular formula is C15H26ClN3O2. The molecule has 1 saturated carbocycles. The first-order valence-corrected chi connectivity index (χ1v) is 7.63. The molecule has 2 amide bonds. The number of nitrogens with zero attached hydrogens (tertiary/aromatic N) is 1.